The number of hydrazone groups is 1. The minimum atomic E-state index is -0.768. The van der Waals surface area contributed by atoms with Crippen molar-refractivity contribution in [3.63, 3.8) is 0 Å². The molecule has 0 fully saturated rings. The maximum absolute atomic E-state index is 12.5. The lowest BCUT2D eigenvalue weighted by molar-refractivity contribution is 0.249. The number of benzene rings is 1. The average molecular weight is 308 g/mol. The van der Waals surface area contributed by atoms with Crippen molar-refractivity contribution in [3.8, 4) is 0 Å². The third kappa shape index (κ3) is 3.38. The van der Waals surface area contributed by atoms with Crippen LogP contribution in [0.5, 0.6) is 0 Å². The van der Waals surface area contributed by atoms with E-state index in [0.29, 0.717) is 22.4 Å². The molecule has 110 valence electrons. The molecule has 8 heteroatoms. The predicted molar refractivity (Wildman–Crippen MR) is 81.4 cm³/mol. The zero-order valence-electron chi connectivity index (χ0n) is 11.3. The van der Waals surface area contributed by atoms with E-state index in [1.165, 1.54) is 4.57 Å². The Labute approximate surface area is 125 Å². The first-order valence-electron chi connectivity index (χ1n) is 6.16. The Kier molecular flexibility index (Phi) is 4.54. The van der Waals surface area contributed by atoms with Crippen LogP contribution in [-0.2, 0) is 12.4 Å². The van der Waals surface area contributed by atoms with Gasteiger partial charge in [0.1, 0.15) is 5.82 Å². The van der Waals surface area contributed by atoms with E-state index >= 15 is 0 Å². The molecular weight excluding hydrogens is 294 g/mol. The molecular formula is C13H14ClN5O2. The van der Waals surface area contributed by atoms with Crippen LogP contribution in [-0.4, -0.2) is 21.3 Å². The number of hydrogen-bond acceptors (Lipinski definition) is 4. The summed E-state index contributed by atoms with van der Waals surface area (Å²) in [7, 11) is 0. The smallest absolute Gasteiger partial charge is 0.332 e. The molecule has 2 rings (SSSR count). The SMILES string of the molecule is C/C(Cn1c(CCl)nc2ccccc2c1=O)=N\NC(N)=O. The minimum absolute atomic E-state index is 0.0939. The van der Waals surface area contributed by atoms with E-state index in [4.69, 9.17) is 17.3 Å². The van der Waals surface area contributed by atoms with Gasteiger partial charge < -0.3 is 5.73 Å². The fraction of sp³-hybridized carbons (Fsp3) is 0.231. The Morgan fingerprint density at radius 3 is 2.86 bits per heavy atom. The molecule has 2 amide bonds. The monoisotopic (exact) mass is 307 g/mol. The van der Waals surface area contributed by atoms with Gasteiger partial charge in [-0.15, -0.1) is 11.6 Å². The molecule has 3 N–H and O–H groups in total. The topological polar surface area (TPSA) is 102 Å². The number of nitrogens with one attached hydrogen (secondary N) is 1. The number of urea groups is 1. The molecule has 0 spiro atoms. The van der Waals surface area contributed by atoms with Crippen molar-refractivity contribution in [2.24, 2.45) is 10.8 Å². The first kappa shape index (κ1) is 15.0. The van der Waals surface area contributed by atoms with Crippen molar-refractivity contribution in [1.29, 1.82) is 0 Å². The highest BCUT2D eigenvalue weighted by molar-refractivity contribution is 6.16. The lowest BCUT2D eigenvalue weighted by atomic mass is 10.2. The quantitative estimate of drug-likeness (QED) is 0.503. The van der Waals surface area contributed by atoms with Gasteiger partial charge in [-0.05, 0) is 19.1 Å². The lowest BCUT2D eigenvalue weighted by Crippen LogP contribution is -2.30. The molecule has 0 saturated carbocycles. The highest BCUT2D eigenvalue weighted by Crippen LogP contribution is 2.09. The number of hydrogen-bond donors (Lipinski definition) is 2. The van der Waals surface area contributed by atoms with Crippen LogP contribution in [0.15, 0.2) is 34.2 Å². The molecule has 0 unspecified atom stereocenters. The highest BCUT2D eigenvalue weighted by Gasteiger charge is 2.10. The molecule has 1 heterocycles. The summed E-state index contributed by atoms with van der Waals surface area (Å²) >= 11 is 5.86. The second-order valence-corrected chi connectivity index (χ2v) is 4.66. The molecule has 1 aromatic carbocycles. The summed E-state index contributed by atoms with van der Waals surface area (Å²) < 4.78 is 1.43. The normalized spacial score (nSPS) is 11.6. The number of nitrogens with zero attached hydrogens (tertiary/aromatic N) is 3. The van der Waals surface area contributed by atoms with E-state index < -0.39 is 6.03 Å². The maximum Gasteiger partial charge on any atom is 0.332 e. The summed E-state index contributed by atoms with van der Waals surface area (Å²) in [4.78, 5) is 27.5. The summed E-state index contributed by atoms with van der Waals surface area (Å²) in [6, 6.07) is 6.27. The van der Waals surface area contributed by atoms with Gasteiger partial charge in [0.2, 0.25) is 0 Å². The zero-order valence-corrected chi connectivity index (χ0v) is 12.1. The number of alkyl halides is 1. The van der Waals surface area contributed by atoms with Crippen LogP contribution < -0.4 is 16.7 Å². The second kappa shape index (κ2) is 6.36. The van der Waals surface area contributed by atoms with Crippen molar-refractivity contribution >= 4 is 34.2 Å². The maximum atomic E-state index is 12.5. The van der Waals surface area contributed by atoms with E-state index in [9.17, 15) is 9.59 Å². The molecule has 1 aromatic heterocycles. The molecule has 2 aromatic rings. The van der Waals surface area contributed by atoms with Crippen LogP contribution in [0.3, 0.4) is 0 Å². The average Bonchev–Trinajstić information content (AvgIpc) is 2.47. The number of primary amides is 1. The lowest BCUT2D eigenvalue weighted by Gasteiger charge is -2.11. The van der Waals surface area contributed by atoms with Gasteiger partial charge in [0.05, 0.1) is 29.0 Å². The van der Waals surface area contributed by atoms with Crippen molar-refractivity contribution < 1.29 is 4.79 Å². The molecule has 0 aliphatic carbocycles. The first-order chi connectivity index (χ1) is 10.0. The molecule has 0 bridgehead atoms. The van der Waals surface area contributed by atoms with Crippen LogP contribution in [0.25, 0.3) is 10.9 Å². The number of amides is 2. The number of para-hydroxylation sites is 1. The van der Waals surface area contributed by atoms with Gasteiger partial charge in [-0.25, -0.2) is 15.2 Å². The zero-order chi connectivity index (χ0) is 15.4. The van der Waals surface area contributed by atoms with Crippen LogP contribution in [0.4, 0.5) is 4.79 Å². The van der Waals surface area contributed by atoms with Crippen molar-refractivity contribution in [2.75, 3.05) is 0 Å². The number of aromatic nitrogens is 2. The number of nitrogens with two attached hydrogens (primary N) is 1. The summed E-state index contributed by atoms with van der Waals surface area (Å²) in [5.41, 5.74) is 7.95. The van der Waals surface area contributed by atoms with Crippen LogP contribution in [0.2, 0.25) is 0 Å². The second-order valence-electron chi connectivity index (χ2n) is 4.39. The minimum Gasteiger partial charge on any atom is -0.350 e. The number of fused-ring (bicyclic) bond motifs is 1. The molecule has 21 heavy (non-hydrogen) atoms. The van der Waals surface area contributed by atoms with Gasteiger partial charge in [0, 0.05) is 0 Å². The van der Waals surface area contributed by atoms with Crippen LogP contribution >= 0.6 is 11.6 Å². The number of carbonyl (C=O) groups is 1. The molecule has 0 radical (unpaired) electrons. The number of halogens is 1. The van der Waals surface area contributed by atoms with Gasteiger partial charge in [-0.2, -0.15) is 5.10 Å². The van der Waals surface area contributed by atoms with Crippen LogP contribution in [0, 0.1) is 0 Å². The molecule has 0 atom stereocenters. The van der Waals surface area contributed by atoms with Gasteiger partial charge in [0.25, 0.3) is 5.56 Å². The fourth-order valence-electron chi connectivity index (χ4n) is 1.89. The molecule has 0 aliphatic heterocycles. The summed E-state index contributed by atoms with van der Waals surface area (Å²) in [5, 5.41) is 4.28. The largest absolute Gasteiger partial charge is 0.350 e. The Hall–Kier alpha value is -2.41. The van der Waals surface area contributed by atoms with Gasteiger partial charge in [-0.3, -0.25) is 9.36 Å². The Morgan fingerprint density at radius 1 is 1.48 bits per heavy atom. The predicted octanol–water partition coefficient (Wildman–Crippen LogP) is 1.18. The standard InChI is InChI=1S/C13H14ClN5O2/c1-8(17-18-13(15)21)7-19-11(6-14)16-10-5-3-2-4-9(10)12(19)20/h2-5H,6-7H2,1H3,(H3,15,18,21)/b17-8+. The van der Waals surface area contributed by atoms with Crippen LogP contribution in [0.1, 0.15) is 12.7 Å². The van der Waals surface area contributed by atoms with Crippen molar-refractivity contribution in [3.05, 3.63) is 40.4 Å². The third-order valence-corrected chi connectivity index (χ3v) is 3.04. The highest BCUT2D eigenvalue weighted by atomic mass is 35.5. The van der Waals surface area contributed by atoms with Crippen molar-refractivity contribution in [1.82, 2.24) is 15.0 Å². The van der Waals surface area contributed by atoms with Gasteiger partial charge >= 0.3 is 6.03 Å². The van der Waals surface area contributed by atoms with E-state index in [2.05, 4.69) is 15.5 Å². The summed E-state index contributed by atoms with van der Waals surface area (Å²) in [6.45, 7) is 1.83. The third-order valence-electron chi connectivity index (χ3n) is 2.80. The molecule has 0 aliphatic rings. The van der Waals surface area contributed by atoms with Crippen molar-refractivity contribution in [2.45, 2.75) is 19.3 Å². The molecule has 7 nitrogen and oxygen atoms in total. The van der Waals surface area contributed by atoms with E-state index in [0.717, 1.165) is 0 Å². The number of carbonyl (C=O) groups excluding carboxylic acids is 1. The Balaban J connectivity index is 2.47. The Bertz CT molecular complexity index is 769. The Morgan fingerprint density at radius 2 is 2.19 bits per heavy atom. The first-order valence-corrected chi connectivity index (χ1v) is 6.69. The van der Waals surface area contributed by atoms with E-state index in [1.807, 2.05) is 0 Å². The van der Waals surface area contributed by atoms with Gasteiger partial charge in [-0.1, -0.05) is 12.1 Å². The van der Waals surface area contributed by atoms with E-state index in [1.54, 1.807) is 31.2 Å². The molecule has 0 saturated heterocycles. The number of rotatable bonds is 4. The van der Waals surface area contributed by atoms with E-state index in [-0.39, 0.29) is 18.0 Å². The van der Waals surface area contributed by atoms with Gasteiger partial charge in [0.15, 0.2) is 0 Å². The fourth-order valence-corrected chi connectivity index (χ4v) is 2.10. The summed E-state index contributed by atoms with van der Waals surface area (Å²) in [6.07, 6.45) is 0. The summed E-state index contributed by atoms with van der Waals surface area (Å²) in [5.74, 6) is 0.533.